The Morgan fingerprint density at radius 3 is 2.85 bits per heavy atom. The van der Waals surface area contributed by atoms with Crippen molar-refractivity contribution in [2.24, 2.45) is 0 Å². The van der Waals surface area contributed by atoms with Crippen LogP contribution in [0.4, 0.5) is 0 Å². The van der Waals surface area contributed by atoms with Crippen LogP contribution in [0.1, 0.15) is 41.7 Å². The second kappa shape index (κ2) is 6.94. The molecule has 3 aromatic heterocycles. The number of hydrogen-bond acceptors (Lipinski definition) is 4. The van der Waals surface area contributed by atoms with Gasteiger partial charge in [0.05, 0.1) is 11.4 Å². The fourth-order valence-corrected chi connectivity index (χ4v) is 4.64. The summed E-state index contributed by atoms with van der Waals surface area (Å²) in [6.45, 7) is 9.96. The lowest BCUT2D eigenvalue weighted by molar-refractivity contribution is 0.205. The molecule has 140 valence electrons. The van der Waals surface area contributed by atoms with Crippen molar-refractivity contribution in [1.29, 1.82) is 0 Å². The summed E-state index contributed by atoms with van der Waals surface area (Å²) in [7, 11) is 0. The average Bonchev–Trinajstić information content (AvgIpc) is 3.23. The van der Waals surface area contributed by atoms with E-state index in [4.69, 9.17) is 4.98 Å². The number of nitrogens with zero attached hydrogens (tertiary/aromatic N) is 2. The van der Waals surface area contributed by atoms with E-state index in [1.54, 1.807) is 11.3 Å². The molecule has 0 aliphatic rings. The Morgan fingerprint density at radius 1 is 1.26 bits per heavy atom. The minimum absolute atomic E-state index is 0.0248. The molecule has 0 spiro atoms. The van der Waals surface area contributed by atoms with Crippen molar-refractivity contribution in [3.63, 3.8) is 0 Å². The number of aromatic amines is 2. The van der Waals surface area contributed by atoms with Crippen LogP contribution in [0.25, 0.3) is 21.1 Å². The minimum atomic E-state index is -0.0338. The van der Waals surface area contributed by atoms with Crippen molar-refractivity contribution >= 4 is 32.5 Å². The average molecular weight is 381 g/mol. The highest BCUT2D eigenvalue weighted by atomic mass is 32.1. The molecule has 5 nitrogen and oxygen atoms in total. The predicted octanol–water partition coefficient (Wildman–Crippen LogP) is 4.67. The largest absolute Gasteiger partial charge is 0.361 e. The monoisotopic (exact) mass is 380 g/mol. The number of rotatable bonds is 5. The molecule has 27 heavy (non-hydrogen) atoms. The Kier molecular flexibility index (Phi) is 4.61. The fourth-order valence-electron chi connectivity index (χ4n) is 3.60. The van der Waals surface area contributed by atoms with Crippen LogP contribution in [0.3, 0.4) is 0 Å². The molecule has 3 heterocycles. The molecule has 1 aromatic carbocycles. The van der Waals surface area contributed by atoms with E-state index in [2.05, 4.69) is 53.0 Å². The molecule has 0 aliphatic heterocycles. The summed E-state index contributed by atoms with van der Waals surface area (Å²) >= 11 is 1.60. The summed E-state index contributed by atoms with van der Waals surface area (Å²) < 4.78 is 0. The Hall–Kier alpha value is -2.44. The van der Waals surface area contributed by atoms with Crippen LogP contribution < -0.4 is 5.56 Å². The first-order valence-electron chi connectivity index (χ1n) is 9.28. The van der Waals surface area contributed by atoms with E-state index < -0.39 is 0 Å². The van der Waals surface area contributed by atoms with E-state index in [1.807, 2.05) is 20.0 Å². The van der Waals surface area contributed by atoms with Gasteiger partial charge in [-0.15, -0.1) is 11.3 Å². The number of H-pyrrole nitrogens is 2. The summed E-state index contributed by atoms with van der Waals surface area (Å²) in [6, 6.07) is 8.60. The van der Waals surface area contributed by atoms with E-state index >= 15 is 0 Å². The second-order valence-electron chi connectivity index (χ2n) is 7.05. The normalized spacial score (nSPS) is 13.1. The van der Waals surface area contributed by atoms with Gasteiger partial charge in [0.2, 0.25) is 0 Å². The SMILES string of the molecule is CCN(Cc1ccc2[nH]ccc2c1)[C@@H](C)c1nc2sc(C)c(C)c2c(=O)[nH]1. The van der Waals surface area contributed by atoms with E-state index in [0.29, 0.717) is 0 Å². The third-order valence-electron chi connectivity index (χ3n) is 5.41. The number of benzene rings is 1. The van der Waals surface area contributed by atoms with Gasteiger partial charge in [0, 0.05) is 23.1 Å². The van der Waals surface area contributed by atoms with Crippen LogP contribution in [0, 0.1) is 13.8 Å². The lowest BCUT2D eigenvalue weighted by Crippen LogP contribution is -2.29. The van der Waals surface area contributed by atoms with Gasteiger partial charge in [-0.25, -0.2) is 4.98 Å². The molecule has 0 unspecified atom stereocenters. The highest BCUT2D eigenvalue weighted by Crippen LogP contribution is 2.28. The number of aromatic nitrogens is 3. The smallest absolute Gasteiger partial charge is 0.259 e. The minimum Gasteiger partial charge on any atom is -0.361 e. The summed E-state index contributed by atoms with van der Waals surface area (Å²) in [5.41, 5.74) is 3.40. The van der Waals surface area contributed by atoms with Gasteiger partial charge < -0.3 is 9.97 Å². The van der Waals surface area contributed by atoms with Crippen LogP contribution in [0.2, 0.25) is 0 Å². The molecule has 4 rings (SSSR count). The first-order chi connectivity index (χ1) is 13.0. The van der Waals surface area contributed by atoms with Crippen LogP contribution in [0.15, 0.2) is 35.3 Å². The van der Waals surface area contributed by atoms with Gasteiger partial charge >= 0.3 is 0 Å². The van der Waals surface area contributed by atoms with Crippen molar-refractivity contribution < 1.29 is 0 Å². The molecule has 0 aliphatic carbocycles. The first kappa shape index (κ1) is 17.9. The van der Waals surface area contributed by atoms with E-state index in [9.17, 15) is 4.79 Å². The zero-order chi connectivity index (χ0) is 19.1. The first-order valence-corrected chi connectivity index (χ1v) is 10.1. The Balaban J connectivity index is 1.65. The Labute approximate surface area is 162 Å². The third-order valence-corrected chi connectivity index (χ3v) is 6.51. The molecule has 0 saturated carbocycles. The second-order valence-corrected chi connectivity index (χ2v) is 8.26. The van der Waals surface area contributed by atoms with Gasteiger partial charge in [-0.05, 0) is 62.0 Å². The number of hydrogen-bond donors (Lipinski definition) is 2. The maximum absolute atomic E-state index is 12.6. The molecule has 4 aromatic rings. The van der Waals surface area contributed by atoms with E-state index in [0.717, 1.165) is 45.1 Å². The van der Waals surface area contributed by atoms with Crippen LogP contribution in [0.5, 0.6) is 0 Å². The summed E-state index contributed by atoms with van der Waals surface area (Å²) in [6.07, 6.45) is 1.96. The maximum atomic E-state index is 12.6. The van der Waals surface area contributed by atoms with Crippen molar-refractivity contribution in [1.82, 2.24) is 19.9 Å². The summed E-state index contributed by atoms with van der Waals surface area (Å²) in [5, 5.41) is 1.95. The van der Waals surface area contributed by atoms with Gasteiger partial charge in [-0.3, -0.25) is 9.69 Å². The van der Waals surface area contributed by atoms with Crippen molar-refractivity contribution in [2.75, 3.05) is 6.54 Å². The highest BCUT2D eigenvalue weighted by Gasteiger charge is 2.20. The van der Waals surface area contributed by atoms with Crippen LogP contribution >= 0.6 is 11.3 Å². The zero-order valence-electron chi connectivity index (χ0n) is 16.1. The van der Waals surface area contributed by atoms with Gasteiger partial charge in [-0.1, -0.05) is 13.0 Å². The van der Waals surface area contributed by atoms with Gasteiger partial charge in [-0.2, -0.15) is 0 Å². The van der Waals surface area contributed by atoms with E-state index in [1.165, 1.54) is 10.9 Å². The Bertz CT molecular complexity index is 1170. The van der Waals surface area contributed by atoms with Crippen molar-refractivity contribution in [3.8, 4) is 0 Å². The third kappa shape index (κ3) is 3.19. The summed E-state index contributed by atoms with van der Waals surface area (Å²) in [4.78, 5) is 28.0. The topological polar surface area (TPSA) is 64.8 Å². The van der Waals surface area contributed by atoms with Gasteiger partial charge in [0.25, 0.3) is 5.56 Å². The number of thiophene rings is 1. The zero-order valence-corrected chi connectivity index (χ0v) is 16.9. The fraction of sp³-hybridized carbons (Fsp3) is 0.333. The maximum Gasteiger partial charge on any atom is 0.259 e. The predicted molar refractivity (Wildman–Crippen MR) is 113 cm³/mol. The number of fused-ring (bicyclic) bond motifs is 2. The standard InChI is InChI=1S/C21H24N4OS/c1-5-25(11-15-6-7-17-16(10-15)8-9-22-17)13(3)19-23-20(26)18-12(2)14(4)27-21(18)24-19/h6-10,13,22H,5,11H2,1-4H3,(H,23,24,26)/t13-/m0/s1. The molecule has 2 N–H and O–H groups in total. The summed E-state index contributed by atoms with van der Waals surface area (Å²) in [5.74, 6) is 0.735. The molecular weight excluding hydrogens is 356 g/mol. The quantitative estimate of drug-likeness (QED) is 0.529. The van der Waals surface area contributed by atoms with Crippen LogP contribution in [-0.4, -0.2) is 26.4 Å². The molecule has 0 bridgehead atoms. The molecule has 6 heteroatoms. The molecule has 0 amide bonds. The van der Waals surface area contributed by atoms with Crippen LogP contribution in [-0.2, 0) is 6.54 Å². The number of nitrogens with one attached hydrogen (secondary N) is 2. The molecule has 0 fully saturated rings. The molecule has 1 atom stereocenters. The lowest BCUT2D eigenvalue weighted by atomic mass is 10.1. The van der Waals surface area contributed by atoms with Gasteiger partial charge in [0.1, 0.15) is 10.7 Å². The Morgan fingerprint density at radius 2 is 2.07 bits per heavy atom. The van der Waals surface area contributed by atoms with Gasteiger partial charge in [0.15, 0.2) is 0 Å². The molecular formula is C21H24N4OS. The molecule has 0 saturated heterocycles. The number of aryl methyl sites for hydroxylation is 2. The highest BCUT2D eigenvalue weighted by molar-refractivity contribution is 7.18. The van der Waals surface area contributed by atoms with E-state index in [-0.39, 0.29) is 11.6 Å². The van der Waals surface area contributed by atoms with Crippen molar-refractivity contribution in [3.05, 3.63) is 62.6 Å². The lowest BCUT2D eigenvalue weighted by Gasteiger charge is -2.27. The van der Waals surface area contributed by atoms with Crippen molar-refractivity contribution in [2.45, 2.75) is 40.3 Å². The molecule has 0 radical (unpaired) electrons.